The van der Waals surface area contributed by atoms with E-state index in [1.807, 2.05) is 18.2 Å². The molecule has 0 aromatic heterocycles. The lowest BCUT2D eigenvalue weighted by atomic mass is 9.97. The number of aliphatic imine (C=N–C) groups is 1. The molecule has 1 amide bonds. The van der Waals surface area contributed by atoms with Crippen molar-refractivity contribution in [2.75, 3.05) is 65.9 Å². The summed E-state index contributed by atoms with van der Waals surface area (Å²) in [5.74, 6) is 0.488. The fraction of sp³-hybridized carbons (Fsp3) is 0.591. The number of esters is 1. The summed E-state index contributed by atoms with van der Waals surface area (Å²) < 4.78 is 4.87. The molecular formula is C22H36IN5O3. The summed E-state index contributed by atoms with van der Waals surface area (Å²) in [7, 11) is 6.97. The number of anilines is 1. The van der Waals surface area contributed by atoms with Crippen molar-refractivity contribution in [3.05, 3.63) is 30.3 Å². The fourth-order valence-electron chi connectivity index (χ4n) is 3.37. The van der Waals surface area contributed by atoms with Crippen LogP contribution in [-0.4, -0.2) is 88.6 Å². The van der Waals surface area contributed by atoms with Crippen LogP contribution in [0.15, 0.2) is 35.3 Å². The van der Waals surface area contributed by atoms with Crippen molar-refractivity contribution in [1.82, 2.24) is 15.1 Å². The number of amides is 1. The fourth-order valence-corrected chi connectivity index (χ4v) is 3.37. The maximum absolute atomic E-state index is 12.0. The molecule has 174 valence electrons. The number of hydrogen-bond acceptors (Lipinski definition) is 5. The molecule has 0 radical (unpaired) electrons. The van der Waals surface area contributed by atoms with E-state index in [0.29, 0.717) is 13.1 Å². The van der Waals surface area contributed by atoms with Gasteiger partial charge < -0.3 is 24.8 Å². The van der Waals surface area contributed by atoms with Gasteiger partial charge in [0, 0.05) is 53.0 Å². The molecule has 0 bridgehead atoms. The SMILES string of the molecule is COC(=O)C1CCN(C(=NCC(=O)N(C)C)NCCCN(C)c2ccccc2)CC1.I. The quantitative estimate of drug-likeness (QED) is 0.177. The van der Waals surface area contributed by atoms with Crippen LogP contribution < -0.4 is 10.2 Å². The van der Waals surface area contributed by atoms with Crippen LogP contribution in [-0.2, 0) is 14.3 Å². The lowest BCUT2D eigenvalue weighted by Crippen LogP contribution is -2.47. The Morgan fingerprint density at radius 2 is 1.81 bits per heavy atom. The van der Waals surface area contributed by atoms with E-state index in [-0.39, 0.29) is 48.3 Å². The van der Waals surface area contributed by atoms with Gasteiger partial charge in [0.25, 0.3) is 0 Å². The number of guanidine groups is 1. The summed E-state index contributed by atoms with van der Waals surface area (Å²) >= 11 is 0. The van der Waals surface area contributed by atoms with Gasteiger partial charge in [0.15, 0.2) is 5.96 Å². The Labute approximate surface area is 203 Å². The Morgan fingerprint density at radius 3 is 2.39 bits per heavy atom. The number of likely N-dealkylation sites (N-methyl/N-ethyl adjacent to an activating group) is 1. The van der Waals surface area contributed by atoms with Gasteiger partial charge in [-0.05, 0) is 31.4 Å². The Kier molecular flexibility index (Phi) is 12.3. The number of nitrogens with one attached hydrogen (secondary N) is 1. The van der Waals surface area contributed by atoms with Crippen molar-refractivity contribution in [3.63, 3.8) is 0 Å². The number of carbonyl (C=O) groups excluding carboxylic acids is 2. The van der Waals surface area contributed by atoms with Crippen LogP contribution in [0.25, 0.3) is 0 Å². The zero-order valence-corrected chi connectivity index (χ0v) is 21.4. The predicted octanol–water partition coefficient (Wildman–Crippen LogP) is 2.05. The Morgan fingerprint density at radius 1 is 1.16 bits per heavy atom. The first-order valence-electron chi connectivity index (χ1n) is 10.5. The summed E-state index contributed by atoms with van der Waals surface area (Å²) in [6, 6.07) is 10.3. The molecule has 1 aromatic carbocycles. The summed E-state index contributed by atoms with van der Waals surface area (Å²) in [5.41, 5.74) is 1.19. The van der Waals surface area contributed by atoms with Gasteiger partial charge in [0.05, 0.1) is 13.0 Å². The van der Waals surface area contributed by atoms with E-state index in [4.69, 9.17) is 4.74 Å². The Hall–Kier alpha value is -2.04. The number of halogens is 1. The minimum Gasteiger partial charge on any atom is -0.469 e. The smallest absolute Gasteiger partial charge is 0.308 e. The molecule has 9 heteroatoms. The Bertz CT molecular complexity index is 706. The largest absolute Gasteiger partial charge is 0.469 e. The molecule has 2 rings (SSSR count). The van der Waals surface area contributed by atoms with Crippen LogP contribution in [0.1, 0.15) is 19.3 Å². The van der Waals surface area contributed by atoms with Crippen molar-refractivity contribution in [1.29, 1.82) is 0 Å². The predicted molar refractivity (Wildman–Crippen MR) is 135 cm³/mol. The lowest BCUT2D eigenvalue weighted by molar-refractivity contribution is -0.146. The maximum atomic E-state index is 12.0. The van der Waals surface area contributed by atoms with Gasteiger partial charge in [0.1, 0.15) is 6.54 Å². The van der Waals surface area contributed by atoms with E-state index in [1.54, 1.807) is 19.0 Å². The van der Waals surface area contributed by atoms with Gasteiger partial charge in [0.2, 0.25) is 5.91 Å². The molecule has 31 heavy (non-hydrogen) atoms. The molecule has 1 saturated heterocycles. The second-order valence-electron chi connectivity index (χ2n) is 7.75. The standard InChI is InChI=1S/C22H35N5O3.HI/c1-25(2)20(28)17-24-22(27-15-11-18(12-16-27)21(29)30-4)23-13-8-14-26(3)19-9-6-5-7-10-19;/h5-7,9-10,18H,8,11-17H2,1-4H3,(H,23,24);1H. The number of rotatable bonds is 8. The molecule has 1 aromatic rings. The molecule has 1 N–H and O–H groups in total. The van der Waals surface area contributed by atoms with Gasteiger partial charge >= 0.3 is 5.97 Å². The third-order valence-electron chi connectivity index (χ3n) is 5.34. The first-order chi connectivity index (χ1) is 14.4. The number of hydrogen-bond donors (Lipinski definition) is 1. The third-order valence-corrected chi connectivity index (χ3v) is 5.34. The second-order valence-corrected chi connectivity index (χ2v) is 7.75. The van der Waals surface area contributed by atoms with Crippen LogP contribution in [0.2, 0.25) is 0 Å². The average Bonchev–Trinajstić information content (AvgIpc) is 2.78. The zero-order chi connectivity index (χ0) is 21.9. The van der Waals surface area contributed by atoms with Gasteiger partial charge in [-0.25, -0.2) is 4.99 Å². The summed E-state index contributed by atoms with van der Waals surface area (Å²) in [6.07, 6.45) is 2.39. The number of piperidine rings is 1. The summed E-state index contributed by atoms with van der Waals surface area (Å²) in [5, 5.41) is 3.41. The van der Waals surface area contributed by atoms with E-state index in [2.05, 4.69) is 39.3 Å². The van der Waals surface area contributed by atoms with Crippen molar-refractivity contribution in [2.24, 2.45) is 10.9 Å². The number of ether oxygens (including phenoxy) is 1. The van der Waals surface area contributed by atoms with Crippen LogP contribution in [0.4, 0.5) is 5.69 Å². The van der Waals surface area contributed by atoms with Crippen LogP contribution in [0.3, 0.4) is 0 Å². The van der Waals surface area contributed by atoms with E-state index >= 15 is 0 Å². The highest BCUT2D eigenvalue weighted by Crippen LogP contribution is 2.18. The third kappa shape index (κ3) is 8.92. The van der Waals surface area contributed by atoms with Gasteiger partial charge in [-0.3, -0.25) is 9.59 Å². The van der Waals surface area contributed by atoms with Crippen molar-refractivity contribution in [2.45, 2.75) is 19.3 Å². The van der Waals surface area contributed by atoms with Crippen LogP contribution in [0.5, 0.6) is 0 Å². The molecule has 1 fully saturated rings. The van der Waals surface area contributed by atoms with Crippen molar-refractivity contribution in [3.8, 4) is 0 Å². The Balaban J connectivity index is 0.00000480. The highest BCUT2D eigenvalue weighted by molar-refractivity contribution is 14.0. The van der Waals surface area contributed by atoms with E-state index in [0.717, 1.165) is 38.3 Å². The molecule has 1 heterocycles. The second kappa shape index (κ2) is 14.1. The highest BCUT2D eigenvalue weighted by Gasteiger charge is 2.27. The van der Waals surface area contributed by atoms with Gasteiger partial charge in [-0.15, -0.1) is 24.0 Å². The minimum absolute atomic E-state index is 0. The number of nitrogens with zero attached hydrogens (tertiary/aromatic N) is 4. The highest BCUT2D eigenvalue weighted by atomic mass is 127. The van der Waals surface area contributed by atoms with Crippen LogP contribution >= 0.6 is 24.0 Å². The zero-order valence-electron chi connectivity index (χ0n) is 19.0. The van der Waals surface area contributed by atoms with E-state index in [1.165, 1.54) is 12.8 Å². The topological polar surface area (TPSA) is 77.5 Å². The van der Waals surface area contributed by atoms with E-state index in [9.17, 15) is 9.59 Å². The molecule has 0 saturated carbocycles. The first kappa shape index (κ1) is 27.0. The number of likely N-dealkylation sites (tertiary alicyclic amines) is 1. The van der Waals surface area contributed by atoms with Crippen molar-refractivity contribution >= 4 is 47.5 Å². The first-order valence-corrected chi connectivity index (χ1v) is 10.5. The molecular weight excluding hydrogens is 509 g/mol. The number of carbonyl (C=O) groups is 2. The monoisotopic (exact) mass is 545 g/mol. The lowest BCUT2D eigenvalue weighted by Gasteiger charge is -2.33. The normalized spacial score (nSPS) is 14.5. The summed E-state index contributed by atoms with van der Waals surface area (Å²) in [4.78, 5) is 34.2. The molecule has 1 aliphatic rings. The molecule has 8 nitrogen and oxygen atoms in total. The number of para-hydroxylation sites is 1. The van der Waals surface area contributed by atoms with E-state index < -0.39 is 0 Å². The van der Waals surface area contributed by atoms with Crippen LogP contribution in [0, 0.1) is 5.92 Å². The van der Waals surface area contributed by atoms with Crippen molar-refractivity contribution < 1.29 is 14.3 Å². The molecule has 0 unspecified atom stereocenters. The minimum atomic E-state index is -0.146. The molecule has 1 aliphatic heterocycles. The maximum Gasteiger partial charge on any atom is 0.308 e. The summed E-state index contributed by atoms with van der Waals surface area (Å²) in [6.45, 7) is 3.20. The average molecular weight is 545 g/mol. The number of methoxy groups -OCH3 is 1. The molecule has 0 spiro atoms. The van der Waals surface area contributed by atoms with Gasteiger partial charge in [-0.1, -0.05) is 18.2 Å². The molecule has 0 atom stereocenters. The van der Waals surface area contributed by atoms with Gasteiger partial charge in [-0.2, -0.15) is 0 Å². The molecule has 0 aliphatic carbocycles. The number of benzene rings is 1.